The fraction of sp³-hybridized carbons (Fsp3) is 0.481. The van der Waals surface area contributed by atoms with Crippen LogP contribution in [0.25, 0.3) is 16.0 Å². The van der Waals surface area contributed by atoms with E-state index in [1.807, 2.05) is 98.8 Å². The maximum atomic E-state index is 15.1. The molecular formula is C77H93ClF4N10O10S4. The van der Waals surface area contributed by atoms with Gasteiger partial charge in [0.2, 0.25) is 23.6 Å². The summed E-state index contributed by atoms with van der Waals surface area (Å²) in [6.07, 6.45) is 6.70. The second-order valence-electron chi connectivity index (χ2n) is 29.4. The van der Waals surface area contributed by atoms with E-state index in [9.17, 15) is 59.1 Å². The number of benzene rings is 5. The molecule has 11 rings (SSSR count). The molecule has 4 fully saturated rings. The van der Waals surface area contributed by atoms with E-state index in [2.05, 4.69) is 35.6 Å². The Morgan fingerprint density at radius 1 is 0.783 bits per heavy atom. The predicted octanol–water partition coefficient (Wildman–Crippen LogP) is 12.4. The maximum Gasteiger partial charge on any atom is 0.501 e. The molecule has 106 heavy (non-hydrogen) atoms. The summed E-state index contributed by atoms with van der Waals surface area (Å²) >= 11 is 9.02. The average Bonchev–Trinajstić information content (AvgIpc) is 0.899. The standard InChI is InChI=1S/C77H93ClF4N10O10S4/c1-49(51-21-23-52(24-22-51)71-50(2)83-48-104-71)84-74(97)67-41-60(93)46-92(67)75(98)72(76(3,4)5)86-69(94)19-13-8-14-20-70(95)91-45-58-40-59(91)44-90(58)34-33-56(47-103-61-16-10-7-11-17-61)85-66-32-30-62(42-68(66)105(99,100)77(80,81)82)106(101,102)87-73(96)53-25-28-57(29-26-53)89-37-35-88(36-38-89)43-54-15-9-6-12-18-63(54)64-31-27-55(78)39-65(64)79/h7,10-11,16-17,21-32,39,42,48-49,56,58-60,67,72,85,93H,6,8-9,12-15,18-20,33-38,40-41,43-47H2,1-5H3,(H,84,97)(H,86,94)(H,87,96)/t49-,56+,58-,59-,60+,67-,72+/m0/s1. The number of anilines is 2. The van der Waals surface area contributed by atoms with Crippen molar-refractivity contribution in [2.45, 2.75) is 181 Å². The van der Waals surface area contributed by atoms with E-state index in [0.29, 0.717) is 101 Å². The van der Waals surface area contributed by atoms with Gasteiger partial charge in [-0.2, -0.15) is 13.2 Å². The minimum absolute atomic E-state index is 0.0238. The number of aryl methyl sites for hydroxylation is 1. The Labute approximate surface area is 631 Å². The number of likely N-dealkylation sites (tertiary alicyclic amines) is 3. The van der Waals surface area contributed by atoms with Gasteiger partial charge in [0.15, 0.2) is 0 Å². The molecule has 0 radical (unpaired) electrons. The number of piperazine rings is 2. The van der Waals surface area contributed by atoms with E-state index in [0.717, 1.165) is 82.1 Å². The summed E-state index contributed by atoms with van der Waals surface area (Å²) in [6.45, 7) is 14.0. The van der Waals surface area contributed by atoms with E-state index in [1.165, 1.54) is 40.4 Å². The number of sulfone groups is 1. The van der Waals surface area contributed by atoms with Crippen LogP contribution < -0.4 is 25.6 Å². The molecule has 4 aliphatic heterocycles. The van der Waals surface area contributed by atoms with Gasteiger partial charge in [0.25, 0.3) is 25.8 Å². The van der Waals surface area contributed by atoms with Gasteiger partial charge in [0.1, 0.15) is 22.8 Å². The molecule has 0 saturated carbocycles. The summed E-state index contributed by atoms with van der Waals surface area (Å²) < 4.78 is 116. The van der Waals surface area contributed by atoms with Gasteiger partial charge >= 0.3 is 5.51 Å². The fourth-order valence-electron chi connectivity index (χ4n) is 14.9. The van der Waals surface area contributed by atoms with Crippen molar-refractivity contribution in [1.29, 1.82) is 0 Å². The van der Waals surface area contributed by atoms with Gasteiger partial charge in [-0.1, -0.05) is 99.3 Å². The number of amides is 5. The fourth-order valence-corrected chi connectivity index (χ4v) is 18.9. The molecule has 5 N–H and O–H groups in total. The smallest absolute Gasteiger partial charge is 0.391 e. The van der Waals surface area contributed by atoms with Crippen molar-refractivity contribution in [2.75, 3.05) is 74.9 Å². The third-order valence-electron chi connectivity index (χ3n) is 20.8. The number of carbonyl (C=O) groups excluding carboxylic acids is 5. The van der Waals surface area contributed by atoms with Crippen molar-refractivity contribution in [1.82, 2.24) is 39.9 Å². The molecule has 5 heterocycles. The number of aliphatic hydroxyl groups excluding tert-OH is 1. The third-order valence-corrected chi connectivity index (χ3v) is 26.0. The summed E-state index contributed by atoms with van der Waals surface area (Å²) in [5, 5.41) is 20.1. The van der Waals surface area contributed by atoms with Crippen molar-refractivity contribution < 1.29 is 63.5 Å². The first-order chi connectivity index (χ1) is 50.4. The molecular weight excluding hydrogens is 1460 g/mol. The maximum absolute atomic E-state index is 15.1. The first kappa shape index (κ1) is 79.6. The zero-order valence-electron chi connectivity index (χ0n) is 60.2. The number of fused-ring (bicyclic) bond motifs is 2. The van der Waals surface area contributed by atoms with E-state index in [1.54, 1.807) is 41.1 Å². The second kappa shape index (κ2) is 34.4. The average molecular weight is 1560 g/mol. The Balaban J connectivity index is 0.653. The number of alkyl halides is 3. The van der Waals surface area contributed by atoms with Crippen LogP contribution in [0.3, 0.4) is 0 Å². The summed E-state index contributed by atoms with van der Waals surface area (Å²) in [7, 11) is -11.2. The molecule has 6 aromatic rings. The van der Waals surface area contributed by atoms with Gasteiger partial charge in [-0.25, -0.2) is 30.9 Å². The topological polar surface area (TPSA) is 251 Å². The molecule has 2 bridgehead atoms. The molecule has 5 aliphatic rings. The van der Waals surface area contributed by atoms with E-state index in [4.69, 9.17) is 11.6 Å². The monoisotopic (exact) mass is 1560 g/mol. The van der Waals surface area contributed by atoms with Crippen molar-refractivity contribution in [3.05, 3.63) is 160 Å². The Morgan fingerprint density at radius 3 is 2.17 bits per heavy atom. The lowest BCUT2D eigenvalue weighted by Gasteiger charge is -2.37. The second-order valence-corrected chi connectivity index (χ2v) is 35.4. The number of thioether (sulfide) groups is 1. The number of nitrogens with one attached hydrogen (secondary N) is 4. The van der Waals surface area contributed by atoms with Gasteiger partial charge in [0.05, 0.1) is 38.8 Å². The number of β-amino-alcohol motifs (C(OH)–C–C–N with tert-alkyl or cyclic N) is 1. The minimum atomic E-state index is -6.20. The lowest BCUT2D eigenvalue weighted by molar-refractivity contribution is -0.144. The van der Waals surface area contributed by atoms with Crippen LogP contribution in [-0.2, 0) is 39.0 Å². The highest BCUT2D eigenvalue weighted by Crippen LogP contribution is 2.40. The van der Waals surface area contributed by atoms with Gasteiger partial charge in [0, 0.05) is 129 Å². The van der Waals surface area contributed by atoms with Crippen molar-refractivity contribution in [3.8, 4) is 10.4 Å². The first-order valence-corrected chi connectivity index (χ1v) is 41.4. The molecule has 0 unspecified atom stereocenters. The number of sulfonamides is 1. The largest absolute Gasteiger partial charge is 0.501 e. The number of unbranched alkanes of at least 4 members (excludes halogenated alkanes) is 2. The zero-order valence-corrected chi connectivity index (χ0v) is 64.2. The molecule has 7 atom stereocenters. The first-order valence-electron chi connectivity index (χ1n) is 36.2. The van der Waals surface area contributed by atoms with Crippen molar-refractivity contribution >= 4 is 101 Å². The molecule has 5 amide bonds. The molecule has 570 valence electrons. The van der Waals surface area contributed by atoms with Crippen LogP contribution in [-0.4, -0.2) is 183 Å². The number of aliphatic hydroxyl groups is 1. The normalized spacial score (nSPS) is 19.9. The van der Waals surface area contributed by atoms with E-state index >= 15 is 4.39 Å². The van der Waals surface area contributed by atoms with Crippen LogP contribution in [0, 0.1) is 18.2 Å². The molecule has 1 aromatic heterocycles. The molecule has 1 aliphatic carbocycles. The van der Waals surface area contributed by atoms with Gasteiger partial charge in [-0.05, 0) is 154 Å². The van der Waals surface area contributed by atoms with Crippen LogP contribution in [0.15, 0.2) is 141 Å². The highest BCUT2D eigenvalue weighted by Gasteiger charge is 2.50. The lowest BCUT2D eigenvalue weighted by Crippen LogP contribution is -2.57. The lowest BCUT2D eigenvalue weighted by atomic mass is 9.85. The number of hydrogen-bond acceptors (Lipinski definition) is 17. The Hall–Kier alpha value is -7.44. The highest BCUT2D eigenvalue weighted by atomic mass is 35.5. The summed E-state index contributed by atoms with van der Waals surface area (Å²) in [5.41, 5.74) is 1.08. The number of rotatable bonds is 28. The van der Waals surface area contributed by atoms with Crippen LogP contribution in [0.5, 0.6) is 0 Å². The SMILES string of the molecule is Cc1ncsc1-c1ccc([C@H](C)NC(=O)[C@@H]2C[C@@H](O)CN2C(=O)[C@@H](NC(=O)CCCCCC(=O)N2C[C@@H]3C[C@H]2CN3CC[C@H](CSc2ccccc2)Nc2ccc(S(=O)(=O)NC(=O)c3ccc(N4CCN(CC5=C(c6ccc(Cl)cc6F)CCCCC5)CC4)cc3)cc2S(=O)(=O)C(F)(F)F)C(C)(C)C)cc1. The quantitative estimate of drug-likeness (QED) is 0.0174. The molecule has 5 aromatic carbocycles. The van der Waals surface area contributed by atoms with E-state index in [-0.39, 0.29) is 66.8 Å². The van der Waals surface area contributed by atoms with E-state index < -0.39 is 94.3 Å². The van der Waals surface area contributed by atoms with Gasteiger partial charge < -0.3 is 35.8 Å². The molecule has 29 heteroatoms. The van der Waals surface area contributed by atoms with Crippen LogP contribution in [0.1, 0.15) is 144 Å². The van der Waals surface area contributed by atoms with Gasteiger partial charge in [-0.3, -0.25) is 33.8 Å². The number of hydrogen-bond donors (Lipinski definition) is 5. The summed E-state index contributed by atoms with van der Waals surface area (Å²) in [5.74, 6) is -2.42. The van der Waals surface area contributed by atoms with Crippen LogP contribution in [0.4, 0.5) is 28.9 Å². The Bertz CT molecular complexity index is 4410. The number of thiazole rings is 1. The summed E-state index contributed by atoms with van der Waals surface area (Å²) in [6, 6.07) is 27.3. The molecule has 4 saturated heterocycles. The summed E-state index contributed by atoms with van der Waals surface area (Å²) in [4.78, 5) is 83.0. The molecule has 20 nitrogen and oxygen atoms in total. The number of carbonyl (C=O) groups is 5. The minimum Gasteiger partial charge on any atom is -0.391 e. The molecule has 0 spiro atoms. The van der Waals surface area contributed by atoms with Crippen LogP contribution >= 0.6 is 34.7 Å². The number of aromatic nitrogens is 1. The number of allylic oxidation sites excluding steroid dienone is 1. The predicted molar refractivity (Wildman–Crippen MR) is 405 cm³/mol. The highest BCUT2D eigenvalue weighted by molar-refractivity contribution is 7.99. The number of halogens is 5. The third kappa shape index (κ3) is 19.5. The zero-order chi connectivity index (χ0) is 75.8. The Kier molecular flexibility index (Phi) is 25.8. The van der Waals surface area contributed by atoms with Crippen LogP contribution in [0.2, 0.25) is 5.02 Å². The number of nitrogens with zero attached hydrogens (tertiary/aromatic N) is 6. The van der Waals surface area contributed by atoms with Crippen molar-refractivity contribution in [3.63, 3.8) is 0 Å². The van der Waals surface area contributed by atoms with Gasteiger partial charge in [-0.15, -0.1) is 23.1 Å². The Morgan fingerprint density at radius 2 is 1.50 bits per heavy atom. The van der Waals surface area contributed by atoms with Crippen molar-refractivity contribution in [2.24, 2.45) is 5.41 Å².